The quantitative estimate of drug-likeness (QED) is 0.754. The van der Waals surface area contributed by atoms with Crippen LogP contribution in [0.4, 0.5) is 17.3 Å². The molecule has 0 unspecified atom stereocenters. The van der Waals surface area contributed by atoms with Gasteiger partial charge in [0.1, 0.15) is 23.1 Å². The molecule has 1 aromatic carbocycles. The lowest BCUT2D eigenvalue weighted by molar-refractivity contribution is 0.102. The lowest BCUT2D eigenvalue weighted by atomic mass is 10.1. The molecular formula is C18H19N5O2. The second-order valence-electron chi connectivity index (χ2n) is 5.91. The Kier molecular flexibility index (Phi) is 4.47. The molecule has 2 aromatic heterocycles. The fraction of sp³-hybridized carbons (Fsp3) is 0.222. The summed E-state index contributed by atoms with van der Waals surface area (Å²) in [6.45, 7) is 7.49. The average molecular weight is 337 g/mol. The first-order valence-electron chi connectivity index (χ1n) is 7.85. The number of nitrogens with zero attached hydrogens (tertiary/aromatic N) is 3. The lowest BCUT2D eigenvalue weighted by Crippen LogP contribution is -2.16. The summed E-state index contributed by atoms with van der Waals surface area (Å²) in [4.78, 5) is 21.0. The Hall–Kier alpha value is -3.22. The van der Waals surface area contributed by atoms with E-state index in [0.29, 0.717) is 23.2 Å². The van der Waals surface area contributed by atoms with Gasteiger partial charge in [-0.05, 0) is 39.3 Å². The van der Waals surface area contributed by atoms with Crippen LogP contribution in [0, 0.1) is 27.7 Å². The Bertz CT molecular complexity index is 933. The molecule has 7 nitrogen and oxygen atoms in total. The maximum absolute atomic E-state index is 12.5. The summed E-state index contributed by atoms with van der Waals surface area (Å²) < 4.78 is 5.01. The van der Waals surface area contributed by atoms with Crippen LogP contribution in [0.1, 0.15) is 33.2 Å². The molecule has 0 aliphatic heterocycles. The second kappa shape index (κ2) is 6.72. The number of carbonyl (C=O) groups is 1. The van der Waals surface area contributed by atoms with Crippen LogP contribution in [-0.4, -0.2) is 21.0 Å². The number of hydrogen-bond donors (Lipinski definition) is 2. The van der Waals surface area contributed by atoms with Crippen LogP contribution in [0.25, 0.3) is 0 Å². The van der Waals surface area contributed by atoms with Crippen molar-refractivity contribution >= 4 is 23.2 Å². The summed E-state index contributed by atoms with van der Waals surface area (Å²) >= 11 is 0. The Labute approximate surface area is 145 Å². The van der Waals surface area contributed by atoms with Crippen molar-refractivity contribution in [3.05, 3.63) is 58.7 Å². The number of hydrogen-bond acceptors (Lipinski definition) is 6. The van der Waals surface area contributed by atoms with Crippen LogP contribution in [-0.2, 0) is 0 Å². The second-order valence-corrected chi connectivity index (χ2v) is 5.91. The predicted molar refractivity (Wildman–Crippen MR) is 95.2 cm³/mol. The molecule has 3 rings (SSSR count). The van der Waals surface area contributed by atoms with Gasteiger partial charge in [0.05, 0.1) is 0 Å². The number of nitrogens with one attached hydrogen (secondary N) is 2. The first kappa shape index (κ1) is 16.6. The number of amides is 1. The molecule has 1 amide bonds. The average Bonchev–Trinajstić information content (AvgIpc) is 2.94. The predicted octanol–water partition coefficient (Wildman–Crippen LogP) is 3.69. The zero-order valence-corrected chi connectivity index (χ0v) is 14.5. The first-order chi connectivity index (χ1) is 11.9. The van der Waals surface area contributed by atoms with Gasteiger partial charge in [-0.1, -0.05) is 22.9 Å². The molecule has 0 bridgehead atoms. The van der Waals surface area contributed by atoms with Crippen LogP contribution in [0.2, 0.25) is 0 Å². The Balaban J connectivity index is 1.82. The number of anilines is 3. The molecule has 0 radical (unpaired) electrons. The summed E-state index contributed by atoms with van der Waals surface area (Å²) in [6.07, 6.45) is 0. The molecule has 25 heavy (non-hydrogen) atoms. The number of aryl methyl sites for hydroxylation is 4. The maximum atomic E-state index is 12.5. The van der Waals surface area contributed by atoms with Crippen LogP contribution in [0.15, 0.2) is 34.9 Å². The molecule has 3 aromatic rings. The third-order valence-corrected chi connectivity index (χ3v) is 3.58. The van der Waals surface area contributed by atoms with Crippen molar-refractivity contribution < 1.29 is 9.32 Å². The van der Waals surface area contributed by atoms with E-state index in [9.17, 15) is 4.79 Å². The topological polar surface area (TPSA) is 92.9 Å². The molecule has 0 fully saturated rings. The highest BCUT2D eigenvalue weighted by atomic mass is 16.5. The molecule has 0 aliphatic rings. The zero-order chi connectivity index (χ0) is 18.0. The van der Waals surface area contributed by atoms with Gasteiger partial charge in [-0.15, -0.1) is 0 Å². The number of aromatic nitrogens is 3. The molecule has 0 saturated carbocycles. The zero-order valence-electron chi connectivity index (χ0n) is 14.5. The van der Waals surface area contributed by atoms with E-state index < -0.39 is 0 Å². The van der Waals surface area contributed by atoms with Crippen molar-refractivity contribution in [2.45, 2.75) is 27.7 Å². The molecule has 2 heterocycles. The molecule has 0 saturated heterocycles. The summed E-state index contributed by atoms with van der Waals surface area (Å²) in [5.41, 5.74) is 3.17. The van der Waals surface area contributed by atoms with Gasteiger partial charge in [0.15, 0.2) is 5.82 Å². The minimum Gasteiger partial charge on any atom is -0.360 e. The standard InChI is InChI=1S/C18H19N5O2/c1-10-5-6-14(11(2)7-10)21-18(24)15-9-16(20-13(4)19-15)22-17-8-12(3)25-23-17/h5-9H,1-4H3,(H,21,24)(H,19,20,22,23). The number of carbonyl (C=O) groups excluding carboxylic acids is 1. The van der Waals surface area contributed by atoms with E-state index in [4.69, 9.17) is 4.52 Å². The summed E-state index contributed by atoms with van der Waals surface area (Å²) in [5.74, 6) is 1.87. The van der Waals surface area contributed by atoms with E-state index in [1.807, 2.05) is 32.0 Å². The monoisotopic (exact) mass is 337 g/mol. The largest absolute Gasteiger partial charge is 0.360 e. The number of rotatable bonds is 4. The first-order valence-corrected chi connectivity index (χ1v) is 7.85. The SMILES string of the molecule is Cc1ccc(NC(=O)c2cc(Nc3cc(C)on3)nc(C)n2)c(C)c1. The van der Waals surface area contributed by atoms with Gasteiger partial charge in [-0.3, -0.25) is 4.79 Å². The molecule has 0 spiro atoms. The van der Waals surface area contributed by atoms with Gasteiger partial charge < -0.3 is 15.2 Å². The van der Waals surface area contributed by atoms with Crippen molar-refractivity contribution in [1.29, 1.82) is 0 Å². The van der Waals surface area contributed by atoms with E-state index >= 15 is 0 Å². The molecule has 0 aliphatic carbocycles. The van der Waals surface area contributed by atoms with E-state index in [2.05, 4.69) is 25.8 Å². The van der Waals surface area contributed by atoms with E-state index in [0.717, 1.165) is 16.8 Å². The van der Waals surface area contributed by atoms with Gasteiger partial charge in [0.25, 0.3) is 5.91 Å². The van der Waals surface area contributed by atoms with Crippen LogP contribution in [0.3, 0.4) is 0 Å². The van der Waals surface area contributed by atoms with Crippen molar-refractivity contribution in [2.24, 2.45) is 0 Å². The lowest BCUT2D eigenvalue weighted by Gasteiger charge is -2.10. The maximum Gasteiger partial charge on any atom is 0.274 e. The fourth-order valence-electron chi connectivity index (χ4n) is 2.44. The van der Waals surface area contributed by atoms with Crippen LogP contribution in [0.5, 0.6) is 0 Å². The van der Waals surface area contributed by atoms with Crippen molar-refractivity contribution in [3.63, 3.8) is 0 Å². The fourth-order valence-corrected chi connectivity index (χ4v) is 2.44. The van der Waals surface area contributed by atoms with Gasteiger partial charge in [0.2, 0.25) is 0 Å². The Morgan fingerprint density at radius 1 is 1.00 bits per heavy atom. The van der Waals surface area contributed by atoms with Gasteiger partial charge >= 0.3 is 0 Å². The van der Waals surface area contributed by atoms with Crippen molar-refractivity contribution in [2.75, 3.05) is 10.6 Å². The normalized spacial score (nSPS) is 10.6. The summed E-state index contributed by atoms with van der Waals surface area (Å²) in [6, 6.07) is 9.17. The van der Waals surface area contributed by atoms with Gasteiger partial charge in [0, 0.05) is 17.8 Å². The highest BCUT2D eigenvalue weighted by Crippen LogP contribution is 2.19. The van der Waals surface area contributed by atoms with E-state index in [1.54, 1.807) is 26.0 Å². The van der Waals surface area contributed by atoms with Crippen molar-refractivity contribution in [1.82, 2.24) is 15.1 Å². The van der Waals surface area contributed by atoms with Crippen LogP contribution < -0.4 is 10.6 Å². The van der Waals surface area contributed by atoms with E-state index in [1.165, 1.54) is 0 Å². The molecule has 0 atom stereocenters. The smallest absolute Gasteiger partial charge is 0.274 e. The third-order valence-electron chi connectivity index (χ3n) is 3.58. The van der Waals surface area contributed by atoms with E-state index in [-0.39, 0.29) is 11.6 Å². The molecule has 128 valence electrons. The Morgan fingerprint density at radius 2 is 1.80 bits per heavy atom. The molecule has 2 N–H and O–H groups in total. The molecule has 7 heteroatoms. The minimum absolute atomic E-state index is 0.273. The Morgan fingerprint density at radius 3 is 2.48 bits per heavy atom. The highest BCUT2D eigenvalue weighted by Gasteiger charge is 2.13. The minimum atomic E-state index is -0.295. The molecular weight excluding hydrogens is 318 g/mol. The van der Waals surface area contributed by atoms with Crippen LogP contribution >= 0.6 is 0 Å². The summed E-state index contributed by atoms with van der Waals surface area (Å²) in [5, 5.41) is 9.75. The van der Waals surface area contributed by atoms with Gasteiger partial charge in [-0.2, -0.15) is 0 Å². The number of benzene rings is 1. The summed E-state index contributed by atoms with van der Waals surface area (Å²) in [7, 11) is 0. The highest BCUT2D eigenvalue weighted by molar-refractivity contribution is 6.03. The van der Waals surface area contributed by atoms with Crippen molar-refractivity contribution in [3.8, 4) is 0 Å². The third kappa shape index (κ3) is 4.00. The van der Waals surface area contributed by atoms with Gasteiger partial charge in [-0.25, -0.2) is 9.97 Å².